The van der Waals surface area contributed by atoms with Gasteiger partial charge in [0.05, 0.1) is 0 Å². The lowest BCUT2D eigenvalue weighted by atomic mass is 9.98. The molecule has 0 aliphatic heterocycles. The summed E-state index contributed by atoms with van der Waals surface area (Å²) in [6.45, 7) is 2.20. The van der Waals surface area contributed by atoms with Crippen molar-refractivity contribution in [2.75, 3.05) is 0 Å². The lowest BCUT2D eigenvalue weighted by molar-refractivity contribution is 1.14. The van der Waals surface area contributed by atoms with E-state index < -0.39 is 0 Å². The Morgan fingerprint density at radius 3 is 2.00 bits per heavy atom. The predicted octanol–water partition coefficient (Wildman–Crippen LogP) is 4.17. The third kappa shape index (κ3) is 2.74. The average molecular weight is 208 g/mol. The van der Waals surface area contributed by atoms with Crippen LogP contribution < -0.4 is 0 Å². The van der Waals surface area contributed by atoms with Crippen molar-refractivity contribution in [1.29, 1.82) is 0 Å². The number of terminal acetylenes is 1. The van der Waals surface area contributed by atoms with Gasteiger partial charge in [0.1, 0.15) is 0 Å². The highest BCUT2D eigenvalue weighted by molar-refractivity contribution is 5.67. The van der Waals surface area contributed by atoms with Gasteiger partial charge in [0.2, 0.25) is 0 Å². The molecule has 0 aromatic heterocycles. The Morgan fingerprint density at radius 1 is 0.812 bits per heavy atom. The van der Waals surface area contributed by atoms with Gasteiger partial charge in [-0.15, -0.1) is 12.8 Å². The smallest absolute Gasteiger partial charge is 0.0152 e. The van der Waals surface area contributed by atoms with Gasteiger partial charge in [-0.1, -0.05) is 61.5 Å². The van der Waals surface area contributed by atoms with Crippen molar-refractivity contribution in [1.82, 2.24) is 0 Å². The molecule has 0 fully saturated rings. The standard InChI is InChI=1S/C14H14.C2H2/c1-2-12-8-6-7-11-14(12)13-9-4-3-5-10-13;1-2/h3-11H,2H2,1H3;1-2H. The molecule has 0 nitrogen and oxygen atoms in total. The van der Waals surface area contributed by atoms with Gasteiger partial charge in [0.25, 0.3) is 0 Å². The van der Waals surface area contributed by atoms with Crippen LogP contribution in [-0.4, -0.2) is 0 Å². The zero-order valence-corrected chi connectivity index (χ0v) is 9.56. The molecule has 16 heavy (non-hydrogen) atoms. The van der Waals surface area contributed by atoms with E-state index in [9.17, 15) is 0 Å². The summed E-state index contributed by atoms with van der Waals surface area (Å²) in [6, 6.07) is 19.1. The van der Waals surface area contributed by atoms with Gasteiger partial charge in [-0.05, 0) is 23.1 Å². The minimum Gasteiger partial charge on any atom is -0.124 e. The minimum absolute atomic E-state index is 1.09. The second kappa shape index (κ2) is 6.48. The van der Waals surface area contributed by atoms with Crippen LogP contribution in [0.15, 0.2) is 54.6 Å². The maximum absolute atomic E-state index is 4.00. The number of benzene rings is 2. The van der Waals surface area contributed by atoms with Crippen molar-refractivity contribution in [3.8, 4) is 24.0 Å². The Labute approximate surface area is 98.0 Å². The second-order valence-electron chi connectivity index (χ2n) is 3.38. The fraction of sp³-hybridized carbons (Fsp3) is 0.125. The Morgan fingerprint density at radius 2 is 1.38 bits per heavy atom. The van der Waals surface area contributed by atoms with Crippen LogP contribution in [-0.2, 0) is 6.42 Å². The monoisotopic (exact) mass is 208 g/mol. The maximum Gasteiger partial charge on any atom is -0.0152 e. The van der Waals surface area contributed by atoms with Crippen molar-refractivity contribution in [3.05, 3.63) is 60.2 Å². The number of aryl methyl sites for hydroxylation is 1. The quantitative estimate of drug-likeness (QED) is 0.650. The Balaban J connectivity index is 0.000000606. The zero-order chi connectivity index (χ0) is 11.8. The Bertz CT molecular complexity index is 438. The summed E-state index contributed by atoms with van der Waals surface area (Å²) in [4.78, 5) is 0. The van der Waals surface area contributed by atoms with Gasteiger partial charge in [-0.25, -0.2) is 0 Å². The molecule has 2 aromatic carbocycles. The van der Waals surface area contributed by atoms with Crippen LogP contribution in [0.4, 0.5) is 0 Å². The zero-order valence-electron chi connectivity index (χ0n) is 9.56. The molecule has 0 atom stereocenters. The molecule has 0 heteroatoms. The first kappa shape index (κ1) is 12.1. The molecule has 0 saturated carbocycles. The molecular formula is C16H16. The number of hydrogen-bond donors (Lipinski definition) is 0. The summed E-state index contributed by atoms with van der Waals surface area (Å²) in [5.74, 6) is 0. The molecule has 0 unspecified atom stereocenters. The van der Waals surface area contributed by atoms with E-state index in [-0.39, 0.29) is 0 Å². The number of rotatable bonds is 2. The van der Waals surface area contributed by atoms with Crippen molar-refractivity contribution >= 4 is 0 Å². The third-order valence-corrected chi connectivity index (χ3v) is 2.48. The van der Waals surface area contributed by atoms with E-state index in [1.165, 1.54) is 16.7 Å². The maximum atomic E-state index is 4.00. The topological polar surface area (TPSA) is 0 Å². The highest BCUT2D eigenvalue weighted by Crippen LogP contribution is 2.23. The van der Waals surface area contributed by atoms with Crippen molar-refractivity contribution < 1.29 is 0 Å². The van der Waals surface area contributed by atoms with Crippen LogP contribution in [0.2, 0.25) is 0 Å². The molecule has 0 saturated heterocycles. The molecule has 2 rings (SSSR count). The fourth-order valence-electron chi connectivity index (χ4n) is 1.73. The van der Waals surface area contributed by atoms with E-state index in [0.717, 1.165) is 6.42 Å². The van der Waals surface area contributed by atoms with E-state index >= 15 is 0 Å². The summed E-state index contributed by atoms with van der Waals surface area (Å²) in [6.07, 6.45) is 9.09. The van der Waals surface area contributed by atoms with Crippen LogP contribution in [0.5, 0.6) is 0 Å². The summed E-state index contributed by atoms with van der Waals surface area (Å²) in [7, 11) is 0. The summed E-state index contributed by atoms with van der Waals surface area (Å²) in [5, 5.41) is 0. The van der Waals surface area contributed by atoms with Gasteiger partial charge in [0, 0.05) is 0 Å². The number of hydrogen-bond acceptors (Lipinski definition) is 0. The third-order valence-electron chi connectivity index (χ3n) is 2.48. The summed E-state index contributed by atoms with van der Waals surface area (Å²) < 4.78 is 0. The normalized spacial score (nSPS) is 8.94. The second-order valence-corrected chi connectivity index (χ2v) is 3.38. The van der Waals surface area contributed by atoms with Crippen molar-refractivity contribution in [2.24, 2.45) is 0 Å². The van der Waals surface area contributed by atoms with Crippen LogP contribution in [0.3, 0.4) is 0 Å². The fourth-order valence-corrected chi connectivity index (χ4v) is 1.73. The first-order valence-corrected chi connectivity index (χ1v) is 5.38. The van der Waals surface area contributed by atoms with Gasteiger partial charge >= 0.3 is 0 Å². The van der Waals surface area contributed by atoms with Gasteiger partial charge in [-0.3, -0.25) is 0 Å². The first-order chi connectivity index (χ1) is 7.92. The molecule has 0 aliphatic carbocycles. The van der Waals surface area contributed by atoms with Crippen molar-refractivity contribution in [3.63, 3.8) is 0 Å². The van der Waals surface area contributed by atoms with Crippen LogP contribution in [0, 0.1) is 12.8 Å². The van der Waals surface area contributed by atoms with E-state index in [1.807, 2.05) is 0 Å². The van der Waals surface area contributed by atoms with Crippen molar-refractivity contribution in [2.45, 2.75) is 13.3 Å². The average Bonchev–Trinajstić information content (AvgIpc) is 2.42. The molecule has 80 valence electrons. The van der Waals surface area contributed by atoms with Crippen LogP contribution >= 0.6 is 0 Å². The van der Waals surface area contributed by atoms with Gasteiger partial charge in [0.15, 0.2) is 0 Å². The lowest BCUT2D eigenvalue weighted by Crippen LogP contribution is -1.85. The van der Waals surface area contributed by atoms with Gasteiger partial charge in [-0.2, -0.15) is 0 Å². The van der Waals surface area contributed by atoms with Crippen LogP contribution in [0.25, 0.3) is 11.1 Å². The van der Waals surface area contributed by atoms with E-state index in [2.05, 4.69) is 74.4 Å². The molecule has 0 radical (unpaired) electrons. The molecule has 2 aromatic rings. The summed E-state index contributed by atoms with van der Waals surface area (Å²) in [5.41, 5.74) is 4.08. The van der Waals surface area contributed by atoms with Gasteiger partial charge < -0.3 is 0 Å². The largest absolute Gasteiger partial charge is 0.124 e. The molecule has 0 spiro atoms. The van der Waals surface area contributed by atoms with E-state index in [0.29, 0.717) is 0 Å². The molecular weight excluding hydrogens is 192 g/mol. The molecule has 0 N–H and O–H groups in total. The minimum atomic E-state index is 1.09. The molecule has 0 bridgehead atoms. The highest BCUT2D eigenvalue weighted by atomic mass is 14.0. The Hall–Kier alpha value is -2.00. The first-order valence-electron chi connectivity index (χ1n) is 5.38. The lowest BCUT2D eigenvalue weighted by Gasteiger charge is -2.06. The van der Waals surface area contributed by atoms with E-state index in [1.54, 1.807) is 0 Å². The van der Waals surface area contributed by atoms with E-state index in [4.69, 9.17) is 0 Å². The predicted molar refractivity (Wildman–Crippen MR) is 71.1 cm³/mol. The van der Waals surface area contributed by atoms with Crippen LogP contribution in [0.1, 0.15) is 12.5 Å². The Kier molecular flexibility index (Phi) is 4.89. The summed E-state index contributed by atoms with van der Waals surface area (Å²) >= 11 is 0. The highest BCUT2D eigenvalue weighted by Gasteiger charge is 2.00. The molecule has 0 heterocycles. The molecule has 0 amide bonds. The SMILES string of the molecule is C#C.CCc1ccccc1-c1ccccc1. The molecule has 0 aliphatic rings.